The SMILES string of the molecule is CCC(N)Cc1cccc(O)c1.Cl. The average molecular weight is 202 g/mol. The molecule has 0 aromatic heterocycles. The minimum Gasteiger partial charge on any atom is -0.508 e. The van der Waals surface area contributed by atoms with E-state index in [0.29, 0.717) is 5.75 Å². The maximum Gasteiger partial charge on any atom is 0.115 e. The highest BCUT2D eigenvalue weighted by Gasteiger charge is 2.00. The summed E-state index contributed by atoms with van der Waals surface area (Å²) in [4.78, 5) is 0. The van der Waals surface area contributed by atoms with Gasteiger partial charge in [0.15, 0.2) is 0 Å². The summed E-state index contributed by atoms with van der Waals surface area (Å²) in [6.07, 6.45) is 1.81. The Bertz CT molecular complexity index is 252. The van der Waals surface area contributed by atoms with Crippen LogP contribution < -0.4 is 5.73 Å². The van der Waals surface area contributed by atoms with Gasteiger partial charge in [0.25, 0.3) is 0 Å². The molecule has 3 N–H and O–H groups in total. The third-order valence-corrected chi connectivity index (χ3v) is 1.93. The number of rotatable bonds is 3. The molecule has 0 saturated carbocycles. The van der Waals surface area contributed by atoms with Gasteiger partial charge in [-0.05, 0) is 30.5 Å². The molecule has 0 aliphatic carbocycles. The second-order valence-electron chi connectivity index (χ2n) is 3.04. The van der Waals surface area contributed by atoms with E-state index >= 15 is 0 Å². The largest absolute Gasteiger partial charge is 0.508 e. The number of phenolic OH excluding ortho intramolecular Hbond substituents is 1. The van der Waals surface area contributed by atoms with Gasteiger partial charge in [-0.15, -0.1) is 12.4 Å². The smallest absolute Gasteiger partial charge is 0.115 e. The van der Waals surface area contributed by atoms with Crippen LogP contribution in [0.5, 0.6) is 5.75 Å². The molecule has 74 valence electrons. The minimum absolute atomic E-state index is 0. The van der Waals surface area contributed by atoms with E-state index in [-0.39, 0.29) is 18.4 Å². The maximum atomic E-state index is 9.16. The van der Waals surface area contributed by atoms with E-state index in [9.17, 15) is 0 Å². The van der Waals surface area contributed by atoms with Crippen LogP contribution >= 0.6 is 12.4 Å². The van der Waals surface area contributed by atoms with E-state index in [1.165, 1.54) is 0 Å². The van der Waals surface area contributed by atoms with Gasteiger partial charge in [0.05, 0.1) is 0 Å². The number of nitrogens with two attached hydrogens (primary N) is 1. The summed E-state index contributed by atoms with van der Waals surface area (Å²) in [5, 5.41) is 9.16. The lowest BCUT2D eigenvalue weighted by atomic mass is 10.0. The molecular formula is C10H16ClNO. The first kappa shape index (κ1) is 12.3. The number of aromatic hydroxyl groups is 1. The molecule has 0 spiro atoms. The highest BCUT2D eigenvalue weighted by Crippen LogP contribution is 2.12. The first-order valence-electron chi connectivity index (χ1n) is 4.26. The van der Waals surface area contributed by atoms with Gasteiger partial charge in [-0.3, -0.25) is 0 Å². The Morgan fingerprint density at radius 1 is 1.46 bits per heavy atom. The molecule has 1 aromatic rings. The lowest BCUT2D eigenvalue weighted by molar-refractivity contribution is 0.474. The Balaban J connectivity index is 0.00000144. The van der Waals surface area contributed by atoms with Gasteiger partial charge in [0.1, 0.15) is 5.75 Å². The Morgan fingerprint density at radius 3 is 2.69 bits per heavy atom. The van der Waals surface area contributed by atoms with Gasteiger partial charge >= 0.3 is 0 Å². The first-order valence-corrected chi connectivity index (χ1v) is 4.26. The molecule has 0 aliphatic rings. The fourth-order valence-corrected chi connectivity index (χ4v) is 1.13. The van der Waals surface area contributed by atoms with Crippen LogP contribution in [0.3, 0.4) is 0 Å². The highest BCUT2D eigenvalue weighted by molar-refractivity contribution is 5.85. The molecule has 1 aromatic carbocycles. The van der Waals surface area contributed by atoms with Crippen LogP contribution in [0.2, 0.25) is 0 Å². The van der Waals surface area contributed by atoms with Crippen molar-refractivity contribution in [2.45, 2.75) is 25.8 Å². The van der Waals surface area contributed by atoms with E-state index < -0.39 is 0 Å². The molecule has 0 radical (unpaired) electrons. The normalized spacial score (nSPS) is 11.8. The first-order chi connectivity index (χ1) is 5.72. The van der Waals surface area contributed by atoms with Gasteiger partial charge in [-0.2, -0.15) is 0 Å². The zero-order valence-electron chi connectivity index (χ0n) is 7.73. The summed E-state index contributed by atoms with van der Waals surface area (Å²) < 4.78 is 0. The summed E-state index contributed by atoms with van der Waals surface area (Å²) in [5.41, 5.74) is 6.87. The van der Waals surface area contributed by atoms with Crippen molar-refractivity contribution in [2.24, 2.45) is 5.73 Å². The van der Waals surface area contributed by atoms with Crippen molar-refractivity contribution >= 4 is 12.4 Å². The second kappa shape index (κ2) is 5.84. The van der Waals surface area contributed by atoms with Crippen molar-refractivity contribution in [3.05, 3.63) is 29.8 Å². The standard InChI is InChI=1S/C10H15NO.ClH/c1-2-9(11)6-8-4-3-5-10(12)7-8;/h3-5,7,9,12H,2,6,11H2,1H3;1H. The molecule has 0 amide bonds. The maximum absolute atomic E-state index is 9.16. The molecule has 2 nitrogen and oxygen atoms in total. The number of halogens is 1. The van der Waals surface area contributed by atoms with Crippen LogP contribution in [0.1, 0.15) is 18.9 Å². The topological polar surface area (TPSA) is 46.2 Å². The van der Waals surface area contributed by atoms with Crippen molar-refractivity contribution in [3.63, 3.8) is 0 Å². The van der Waals surface area contributed by atoms with E-state index in [4.69, 9.17) is 10.8 Å². The minimum atomic E-state index is 0. The van der Waals surface area contributed by atoms with Crippen LogP contribution in [0.25, 0.3) is 0 Å². The van der Waals surface area contributed by atoms with E-state index in [1.54, 1.807) is 12.1 Å². The Hall–Kier alpha value is -0.730. The molecule has 0 aliphatic heterocycles. The number of phenols is 1. The summed E-state index contributed by atoms with van der Waals surface area (Å²) in [6.45, 7) is 2.06. The Morgan fingerprint density at radius 2 is 2.15 bits per heavy atom. The lowest BCUT2D eigenvalue weighted by Gasteiger charge is -2.08. The fourth-order valence-electron chi connectivity index (χ4n) is 1.13. The second-order valence-corrected chi connectivity index (χ2v) is 3.04. The summed E-state index contributed by atoms with van der Waals surface area (Å²) in [7, 11) is 0. The predicted octanol–water partition coefficient (Wildman–Crippen LogP) is 2.09. The zero-order valence-corrected chi connectivity index (χ0v) is 8.55. The Kier molecular flexibility index (Phi) is 5.51. The fraction of sp³-hybridized carbons (Fsp3) is 0.400. The van der Waals surface area contributed by atoms with E-state index in [1.807, 2.05) is 12.1 Å². The van der Waals surface area contributed by atoms with Crippen molar-refractivity contribution in [3.8, 4) is 5.75 Å². The van der Waals surface area contributed by atoms with Crippen molar-refractivity contribution < 1.29 is 5.11 Å². The Labute approximate surface area is 85.2 Å². The van der Waals surface area contributed by atoms with Crippen molar-refractivity contribution in [2.75, 3.05) is 0 Å². The number of benzene rings is 1. The van der Waals surface area contributed by atoms with Gasteiger partial charge in [-0.25, -0.2) is 0 Å². The van der Waals surface area contributed by atoms with Gasteiger partial charge < -0.3 is 10.8 Å². The molecular weight excluding hydrogens is 186 g/mol. The molecule has 1 unspecified atom stereocenters. The third-order valence-electron chi connectivity index (χ3n) is 1.93. The molecule has 3 heteroatoms. The summed E-state index contributed by atoms with van der Waals surface area (Å²) in [6, 6.07) is 7.45. The molecule has 0 bridgehead atoms. The quantitative estimate of drug-likeness (QED) is 0.787. The summed E-state index contributed by atoms with van der Waals surface area (Å²) in [5.74, 6) is 0.316. The van der Waals surface area contributed by atoms with Crippen LogP contribution in [-0.2, 0) is 6.42 Å². The van der Waals surface area contributed by atoms with Crippen LogP contribution in [0.15, 0.2) is 24.3 Å². The van der Waals surface area contributed by atoms with Crippen molar-refractivity contribution in [1.82, 2.24) is 0 Å². The molecule has 1 atom stereocenters. The zero-order chi connectivity index (χ0) is 8.97. The van der Waals surface area contributed by atoms with Crippen LogP contribution in [0, 0.1) is 0 Å². The third kappa shape index (κ3) is 4.15. The number of hydrogen-bond donors (Lipinski definition) is 2. The van der Waals surface area contributed by atoms with Gasteiger partial charge in [0.2, 0.25) is 0 Å². The van der Waals surface area contributed by atoms with Gasteiger partial charge in [-0.1, -0.05) is 19.1 Å². The monoisotopic (exact) mass is 201 g/mol. The molecule has 1 rings (SSSR count). The van der Waals surface area contributed by atoms with Crippen molar-refractivity contribution in [1.29, 1.82) is 0 Å². The van der Waals surface area contributed by atoms with Crippen LogP contribution in [0.4, 0.5) is 0 Å². The molecule has 13 heavy (non-hydrogen) atoms. The van der Waals surface area contributed by atoms with Crippen LogP contribution in [-0.4, -0.2) is 11.1 Å². The van der Waals surface area contributed by atoms with E-state index in [2.05, 4.69) is 6.92 Å². The predicted molar refractivity (Wildman–Crippen MR) is 57.3 cm³/mol. The summed E-state index contributed by atoms with van der Waals surface area (Å²) >= 11 is 0. The molecule has 0 heterocycles. The average Bonchev–Trinajstić information content (AvgIpc) is 2.04. The molecule has 0 fully saturated rings. The lowest BCUT2D eigenvalue weighted by Crippen LogP contribution is -2.21. The van der Waals surface area contributed by atoms with E-state index in [0.717, 1.165) is 18.4 Å². The highest BCUT2D eigenvalue weighted by atomic mass is 35.5. The van der Waals surface area contributed by atoms with Gasteiger partial charge in [0, 0.05) is 6.04 Å². The number of hydrogen-bond acceptors (Lipinski definition) is 2. The molecule has 0 saturated heterocycles.